The highest BCUT2D eigenvalue weighted by Crippen LogP contribution is 2.30. The highest BCUT2D eigenvalue weighted by Gasteiger charge is 2.11. The fraction of sp³-hybridized carbons (Fsp3) is 0.227. The van der Waals surface area contributed by atoms with E-state index in [9.17, 15) is 0 Å². The Morgan fingerprint density at radius 1 is 1.00 bits per heavy atom. The van der Waals surface area contributed by atoms with Gasteiger partial charge in [0.05, 0.1) is 12.9 Å². The van der Waals surface area contributed by atoms with Gasteiger partial charge in [-0.05, 0) is 60.9 Å². The number of ether oxygens (including phenoxy) is 1. The summed E-state index contributed by atoms with van der Waals surface area (Å²) in [7, 11) is 0. The van der Waals surface area contributed by atoms with Crippen LogP contribution in [0.2, 0.25) is 0 Å². The number of hydrogen-bond acceptors (Lipinski definition) is 4. The summed E-state index contributed by atoms with van der Waals surface area (Å²) in [6.45, 7) is 5.09. The smallest absolute Gasteiger partial charge is 0.227 e. The van der Waals surface area contributed by atoms with Crippen molar-refractivity contribution in [1.29, 1.82) is 0 Å². The van der Waals surface area contributed by atoms with E-state index in [1.165, 1.54) is 0 Å². The molecule has 2 aromatic carbocycles. The number of rotatable bonds is 6. The summed E-state index contributed by atoms with van der Waals surface area (Å²) < 4.78 is 17.3. The molecule has 0 fully saturated rings. The van der Waals surface area contributed by atoms with Crippen molar-refractivity contribution >= 4 is 11.1 Å². The van der Waals surface area contributed by atoms with Crippen molar-refractivity contribution in [3.63, 3.8) is 0 Å². The third-order valence-electron chi connectivity index (χ3n) is 4.24. The summed E-state index contributed by atoms with van der Waals surface area (Å²) in [6, 6.07) is 17.6. The SMILES string of the molecule is CC(C)CCOc1cccc(-c2nc3ccc(-c4ccco4)cc3o2)c1. The van der Waals surface area contributed by atoms with E-state index in [1.54, 1.807) is 6.26 Å². The highest BCUT2D eigenvalue weighted by molar-refractivity contribution is 5.81. The Kier molecular flexibility index (Phi) is 4.48. The van der Waals surface area contributed by atoms with Crippen LogP contribution in [0, 0.1) is 5.92 Å². The van der Waals surface area contributed by atoms with Crippen LogP contribution < -0.4 is 4.74 Å². The van der Waals surface area contributed by atoms with E-state index in [2.05, 4.69) is 18.8 Å². The maximum absolute atomic E-state index is 5.98. The average Bonchev–Trinajstić information content (AvgIpc) is 3.30. The Morgan fingerprint density at radius 3 is 2.73 bits per heavy atom. The molecule has 2 aromatic heterocycles. The first kappa shape index (κ1) is 16.5. The molecule has 0 aliphatic carbocycles. The van der Waals surface area contributed by atoms with Crippen molar-refractivity contribution in [3.05, 3.63) is 60.9 Å². The van der Waals surface area contributed by atoms with Gasteiger partial charge in [0.25, 0.3) is 0 Å². The Balaban J connectivity index is 1.60. The number of hydrogen-bond donors (Lipinski definition) is 0. The fourth-order valence-electron chi connectivity index (χ4n) is 2.78. The number of aromatic nitrogens is 1. The molecule has 4 nitrogen and oxygen atoms in total. The van der Waals surface area contributed by atoms with E-state index in [4.69, 9.17) is 13.6 Å². The van der Waals surface area contributed by atoms with Crippen molar-refractivity contribution in [2.75, 3.05) is 6.61 Å². The van der Waals surface area contributed by atoms with Gasteiger partial charge < -0.3 is 13.6 Å². The van der Waals surface area contributed by atoms with Crippen LogP contribution >= 0.6 is 0 Å². The summed E-state index contributed by atoms with van der Waals surface area (Å²) in [6.07, 6.45) is 2.69. The minimum atomic E-state index is 0.589. The molecule has 4 heteroatoms. The lowest BCUT2D eigenvalue weighted by Crippen LogP contribution is -2.01. The van der Waals surface area contributed by atoms with Crippen LogP contribution in [0.1, 0.15) is 20.3 Å². The molecule has 0 unspecified atom stereocenters. The third-order valence-corrected chi connectivity index (χ3v) is 4.24. The summed E-state index contributed by atoms with van der Waals surface area (Å²) in [5, 5.41) is 0. The molecule has 132 valence electrons. The monoisotopic (exact) mass is 347 g/mol. The minimum Gasteiger partial charge on any atom is -0.494 e. The first-order chi connectivity index (χ1) is 12.7. The molecular weight excluding hydrogens is 326 g/mol. The fourth-order valence-corrected chi connectivity index (χ4v) is 2.78. The lowest BCUT2D eigenvalue weighted by Gasteiger charge is -2.08. The number of benzene rings is 2. The first-order valence-electron chi connectivity index (χ1n) is 8.87. The Morgan fingerprint density at radius 2 is 1.92 bits per heavy atom. The van der Waals surface area contributed by atoms with Gasteiger partial charge in [0.1, 0.15) is 17.0 Å². The Hall–Kier alpha value is -3.01. The van der Waals surface area contributed by atoms with E-state index < -0.39 is 0 Å². The average molecular weight is 347 g/mol. The van der Waals surface area contributed by atoms with Crippen LogP contribution in [0.25, 0.3) is 33.9 Å². The van der Waals surface area contributed by atoms with Crippen LogP contribution in [0.15, 0.2) is 69.7 Å². The van der Waals surface area contributed by atoms with Gasteiger partial charge >= 0.3 is 0 Å². The molecule has 4 rings (SSSR count). The molecule has 0 radical (unpaired) electrons. The lowest BCUT2D eigenvalue weighted by molar-refractivity contribution is 0.289. The molecule has 0 aliphatic heterocycles. The first-order valence-corrected chi connectivity index (χ1v) is 8.87. The molecule has 4 aromatic rings. The normalized spacial score (nSPS) is 11.3. The molecular formula is C22H21NO3. The van der Waals surface area contributed by atoms with Crippen molar-refractivity contribution in [2.24, 2.45) is 5.92 Å². The van der Waals surface area contributed by atoms with Gasteiger partial charge in [-0.2, -0.15) is 0 Å². The van der Waals surface area contributed by atoms with Gasteiger partial charge in [-0.25, -0.2) is 4.98 Å². The van der Waals surface area contributed by atoms with Crippen LogP contribution in [0.5, 0.6) is 5.75 Å². The van der Waals surface area contributed by atoms with Crippen molar-refractivity contribution in [1.82, 2.24) is 4.98 Å². The van der Waals surface area contributed by atoms with Crippen molar-refractivity contribution in [3.8, 4) is 28.5 Å². The third kappa shape index (κ3) is 3.49. The molecule has 0 bridgehead atoms. The second kappa shape index (κ2) is 7.08. The molecule has 0 spiro atoms. The number of fused-ring (bicyclic) bond motifs is 1. The highest BCUT2D eigenvalue weighted by atomic mass is 16.5. The van der Waals surface area contributed by atoms with E-state index in [0.29, 0.717) is 18.4 Å². The summed E-state index contributed by atoms with van der Waals surface area (Å²) in [4.78, 5) is 4.60. The largest absolute Gasteiger partial charge is 0.494 e. The van der Waals surface area contributed by atoms with E-state index in [-0.39, 0.29) is 0 Å². The molecule has 0 N–H and O–H groups in total. The topological polar surface area (TPSA) is 48.4 Å². The van der Waals surface area contributed by atoms with Gasteiger partial charge in [0, 0.05) is 11.1 Å². The van der Waals surface area contributed by atoms with Crippen LogP contribution in [-0.4, -0.2) is 11.6 Å². The number of nitrogens with zero attached hydrogens (tertiary/aromatic N) is 1. The summed E-state index contributed by atoms with van der Waals surface area (Å²) in [5.41, 5.74) is 3.43. The number of furan rings is 1. The lowest BCUT2D eigenvalue weighted by atomic mass is 10.1. The molecule has 26 heavy (non-hydrogen) atoms. The van der Waals surface area contributed by atoms with Gasteiger partial charge in [-0.1, -0.05) is 19.9 Å². The molecule has 0 saturated heterocycles. The second-order valence-electron chi connectivity index (χ2n) is 6.74. The molecule has 0 saturated carbocycles. The Bertz CT molecular complexity index is 999. The van der Waals surface area contributed by atoms with Gasteiger partial charge in [0.15, 0.2) is 5.58 Å². The van der Waals surface area contributed by atoms with E-state index in [0.717, 1.165) is 40.2 Å². The van der Waals surface area contributed by atoms with E-state index >= 15 is 0 Å². The number of oxazole rings is 1. The van der Waals surface area contributed by atoms with Crippen molar-refractivity contribution in [2.45, 2.75) is 20.3 Å². The Labute approximate surface area is 152 Å². The van der Waals surface area contributed by atoms with Crippen LogP contribution in [0.3, 0.4) is 0 Å². The van der Waals surface area contributed by atoms with Crippen LogP contribution in [-0.2, 0) is 0 Å². The molecule has 2 heterocycles. The standard InChI is InChI=1S/C22H21NO3/c1-15(2)10-12-24-18-6-3-5-17(13-18)22-23-19-9-8-16(14-21(19)26-22)20-7-4-11-25-20/h3-9,11,13-15H,10,12H2,1-2H3. The molecule has 0 amide bonds. The maximum atomic E-state index is 5.98. The zero-order valence-electron chi connectivity index (χ0n) is 14.9. The van der Waals surface area contributed by atoms with Gasteiger partial charge in [0.2, 0.25) is 5.89 Å². The second-order valence-corrected chi connectivity index (χ2v) is 6.74. The predicted molar refractivity (Wildman–Crippen MR) is 102 cm³/mol. The van der Waals surface area contributed by atoms with Crippen LogP contribution in [0.4, 0.5) is 0 Å². The zero-order chi connectivity index (χ0) is 17.9. The van der Waals surface area contributed by atoms with Crippen molar-refractivity contribution < 1.29 is 13.6 Å². The maximum Gasteiger partial charge on any atom is 0.227 e. The molecule has 0 atom stereocenters. The zero-order valence-corrected chi connectivity index (χ0v) is 14.9. The summed E-state index contributed by atoms with van der Waals surface area (Å²) >= 11 is 0. The summed E-state index contributed by atoms with van der Waals surface area (Å²) in [5.74, 6) is 2.86. The quantitative estimate of drug-likeness (QED) is 0.418. The van der Waals surface area contributed by atoms with Gasteiger partial charge in [-0.15, -0.1) is 0 Å². The minimum absolute atomic E-state index is 0.589. The molecule has 0 aliphatic rings. The van der Waals surface area contributed by atoms with Gasteiger partial charge in [-0.3, -0.25) is 0 Å². The van der Waals surface area contributed by atoms with E-state index in [1.807, 2.05) is 54.6 Å². The predicted octanol–water partition coefficient (Wildman–Crippen LogP) is 6.18.